The average molecular weight is 332 g/mol. The van der Waals surface area contributed by atoms with Gasteiger partial charge in [0.25, 0.3) is 0 Å². The summed E-state index contributed by atoms with van der Waals surface area (Å²) in [5, 5.41) is 6.23. The Hall–Kier alpha value is -2.01. The van der Waals surface area contributed by atoms with E-state index in [0.717, 1.165) is 13.0 Å². The van der Waals surface area contributed by atoms with E-state index in [1.165, 1.54) is 25.7 Å². The monoisotopic (exact) mass is 332 g/mol. The largest absolute Gasteiger partial charge is 0.497 e. The van der Waals surface area contributed by atoms with Crippen LogP contribution in [-0.4, -0.2) is 33.2 Å². The zero-order chi connectivity index (χ0) is 17.2. The van der Waals surface area contributed by atoms with Gasteiger partial charge in [0, 0.05) is 19.0 Å². The first-order valence-electron chi connectivity index (χ1n) is 8.63. The molecule has 0 saturated heterocycles. The third kappa shape index (κ3) is 5.89. The molecule has 0 saturated carbocycles. The zero-order valence-corrected chi connectivity index (χ0v) is 14.7. The third-order valence-corrected chi connectivity index (χ3v) is 4.22. The summed E-state index contributed by atoms with van der Waals surface area (Å²) in [6, 6.07) is 5.35. The number of benzene rings is 1. The normalized spacial score (nSPS) is 14.0. The summed E-state index contributed by atoms with van der Waals surface area (Å²) in [6.07, 6.45) is 9.00. The number of allylic oxidation sites excluding steroid dienone is 1. The van der Waals surface area contributed by atoms with E-state index in [-0.39, 0.29) is 5.91 Å². The fraction of sp³-hybridized carbons (Fsp3) is 0.526. The van der Waals surface area contributed by atoms with Crippen molar-refractivity contribution in [3.8, 4) is 11.5 Å². The number of anilines is 1. The van der Waals surface area contributed by atoms with Crippen LogP contribution >= 0.6 is 0 Å². The van der Waals surface area contributed by atoms with Crippen LogP contribution in [0.3, 0.4) is 0 Å². The van der Waals surface area contributed by atoms with Crippen molar-refractivity contribution in [1.82, 2.24) is 5.32 Å². The summed E-state index contributed by atoms with van der Waals surface area (Å²) in [6.45, 7) is 1.61. The van der Waals surface area contributed by atoms with E-state index in [1.54, 1.807) is 38.0 Å². The van der Waals surface area contributed by atoms with Gasteiger partial charge in [-0.15, -0.1) is 0 Å². The number of carbonyl (C=O) groups is 1. The summed E-state index contributed by atoms with van der Waals surface area (Å²) in [5.74, 6) is 1.27. The lowest BCUT2D eigenvalue weighted by molar-refractivity contribution is -0.116. The second kappa shape index (κ2) is 9.98. The first-order valence-corrected chi connectivity index (χ1v) is 8.63. The van der Waals surface area contributed by atoms with Crippen molar-refractivity contribution in [2.24, 2.45) is 0 Å². The molecule has 0 aromatic heterocycles. The molecule has 5 nitrogen and oxygen atoms in total. The Morgan fingerprint density at radius 1 is 1.17 bits per heavy atom. The van der Waals surface area contributed by atoms with Crippen LogP contribution in [-0.2, 0) is 4.79 Å². The molecule has 0 bridgehead atoms. The quantitative estimate of drug-likeness (QED) is 0.537. The molecule has 0 spiro atoms. The topological polar surface area (TPSA) is 59.6 Å². The molecule has 132 valence electrons. The molecule has 0 atom stereocenters. The zero-order valence-electron chi connectivity index (χ0n) is 14.7. The number of hydrogen-bond acceptors (Lipinski definition) is 4. The van der Waals surface area contributed by atoms with E-state index in [9.17, 15) is 4.79 Å². The van der Waals surface area contributed by atoms with E-state index in [0.29, 0.717) is 30.2 Å². The average Bonchev–Trinajstić information content (AvgIpc) is 2.62. The molecule has 0 heterocycles. The van der Waals surface area contributed by atoms with Crippen molar-refractivity contribution in [2.75, 3.05) is 32.6 Å². The number of hydrogen-bond donors (Lipinski definition) is 2. The van der Waals surface area contributed by atoms with E-state index >= 15 is 0 Å². The number of ether oxygens (including phenoxy) is 2. The lowest BCUT2D eigenvalue weighted by Gasteiger charge is -2.13. The van der Waals surface area contributed by atoms with Gasteiger partial charge in [-0.3, -0.25) is 4.79 Å². The molecule has 0 fully saturated rings. The minimum Gasteiger partial charge on any atom is -0.497 e. The van der Waals surface area contributed by atoms with E-state index in [4.69, 9.17) is 9.47 Å². The Morgan fingerprint density at radius 2 is 2.04 bits per heavy atom. The molecule has 0 radical (unpaired) electrons. The molecule has 2 rings (SSSR count). The molecule has 24 heavy (non-hydrogen) atoms. The van der Waals surface area contributed by atoms with Gasteiger partial charge in [0.2, 0.25) is 5.91 Å². The maximum absolute atomic E-state index is 12.1. The van der Waals surface area contributed by atoms with Crippen LogP contribution in [0.1, 0.15) is 38.5 Å². The molecule has 1 aromatic carbocycles. The fourth-order valence-electron chi connectivity index (χ4n) is 2.82. The predicted octanol–water partition coefficient (Wildman–Crippen LogP) is 3.51. The highest BCUT2D eigenvalue weighted by molar-refractivity contribution is 5.92. The van der Waals surface area contributed by atoms with Gasteiger partial charge in [0.1, 0.15) is 11.5 Å². The third-order valence-electron chi connectivity index (χ3n) is 4.22. The number of methoxy groups -OCH3 is 2. The van der Waals surface area contributed by atoms with Crippen LogP contribution in [0, 0.1) is 0 Å². The van der Waals surface area contributed by atoms with Crippen LogP contribution in [0.4, 0.5) is 5.69 Å². The number of amides is 1. The molecule has 1 aromatic rings. The number of nitrogens with one attached hydrogen (secondary N) is 2. The minimum absolute atomic E-state index is 0.0251. The van der Waals surface area contributed by atoms with E-state index in [2.05, 4.69) is 16.7 Å². The van der Waals surface area contributed by atoms with Crippen molar-refractivity contribution in [1.29, 1.82) is 0 Å². The first kappa shape index (κ1) is 18.3. The first-order chi connectivity index (χ1) is 11.7. The SMILES string of the molecule is COc1ccc(NC(=O)CCNCCC2=CCCCC2)c(OC)c1. The lowest BCUT2D eigenvalue weighted by Crippen LogP contribution is -2.23. The van der Waals surface area contributed by atoms with Crippen LogP contribution in [0.5, 0.6) is 11.5 Å². The maximum Gasteiger partial charge on any atom is 0.225 e. The van der Waals surface area contributed by atoms with Crippen molar-refractivity contribution in [3.05, 3.63) is 29.8 Å². The van der Waals surface area contributed by atoms with Gasteiger partial charge in [-0.1, -0.05) is 11.6 Å². The van der Waals surface area contributed by atoms with Gasteiger partial charge in [-0.2, -0.15) is 0 Å². The molecule has 2 N–H and O–H groups in total. The number of rotatable bonds is 9. The molecule has 0 unspecified atom stereocenters. The Bertz CT molecular complexity index is 570. The second-order valence-corrected chi connectivity index (χ2v) is 5.97. The highest BCUT2D eigenvalue weighted by Gasteiger charge is 2.09. The summed E-state index contributed by atoms with van der Waals surface area (Å²) in [7, 11) is 3.17. The summed E-state index contributed by atoms with van der Waals surface area (Å²) in [5.41, 5.74) is 2.22. The van der Waals surface area contributed by atoms with Crippen LogP contribution in [0.15, 0.2) is 29.8 Å². The summed E-state index contributed by atoms with van der Waals surface area (Å²) in [4.78, 5) is 12.1. The highest BCUT2D eigenvalue weighted by atomic mass is 16.5. The van der Waals surface area contributed by atoms with Crippen molar-refractivity contribution in [2.45, 2.75) is 38.5 Å². The van der Waals surface area contributed by atoms with Gasteiger partial charge >= 0.3 is 0 Å². The van der Waals surface area contributed by atoms with Gasteiger partial charge in [-0.25, -0.2) is 0 Å². The molecule has 1 amide bonds. The van der Waals surface area contributed by atoms with Crippen LogP contribution in [0.25, 0.3) is 0 Å². The van der Waals surface area contributed by atoms with Gasteiger partial charge < -0.3 is 20.1 Å². The van der Waals surface area contributed by atoms with E-state index < -0.39 is 0 Å². The van der Waals surface area contributed by atoms with Gasteiger partial charge in [-0.05, 0) is 50.8 Å². The fourth-order valence-corrected chi connectivity index (χ4v) is 2.82. The Kier molecular flexibility index (Phi) is 7.62. The highest BCUT2D eigenvalue weighted by Crippen LogP contribution is 2.29. The molecular weight excluding hydrogens is 304 g/mol. The van der Waals surface area contributed by atoms with Crippen molar-refractivity contribution >= 4 is 11.6 Å². The Balaban J connectivity index is 1.68. The van der Waals surface area contributed by atoms with E-state index in [1.807, 2.05) is 0 Å². The smallest absolute Gasteiger partial charge is 0.225 e. The lowest BCUT2D eigenvalue weighted by atomic mass is 9.97. The molecule has 5 heteroatoms. The minimum atomic E-state index is -0.0251. The van der Waals surface area contributed by atoms with Crippen LogP contribution in [0.2, 0.25) is 0 Å². The molecule has 0 aliphatic heterocycles. The maximum atomic E-state index is 12.1. The molecule has 1 aliphatic carbocycles. The summed E-state index contributed by atoms with van der Waals surface area (Å²) >= 11 is 0. The van der Waals surface area contributed by atoms with Crippen molar-refractivity contribution < 1.29 is 14.3 Å². The molecular formula is C19H28N2O3. The second-order valence-electron chi connectivity index (χ2n) is 5.97. The van der Waals surface area contributed by atoms with Crippen LogP contribution < -0.4 is 20.1 Å². The molecule has 1 aliphatic rings. The van der Waals surface area contributed by atoms with Gasteiger partial charge in [0.05, 0.1) is 19.9 Å². The predicted molar refractivity (Wildman–Crippen MR) is 96.8 cm³/mol. The Labute approximate surface area is 144 Å². The summed E-state index contributed by atoms with van der Waals surface area (Å²) < 4.78 is 10.4. The number of carbonyl (C=O) groups excluding carboxylic acids is 1. The van der Waals surface area contributed by atoms with Gasteiger partial charge in [0.15, 0.2) is 0 Å². The standard InChI is InChI=1S/C19H28N2O3/c1-23-16-8-9-17(18(14-16)24-2)21-19(22)11-13-20-12-10-15-6-4-3-5-7-15/h6,8-9,14,20H,3-5,7,10-13H2,1-2H3,(H,21,22). The van der Waals surface area contributed by atoms with Crippen molar-refractivity contribution in [3.63, 3.8) is 0 Å². The Morgan fingerprint density at radius 3 is 2.75 bits per heavy atom.